The van der Waals surface area contributed by atoms with Crippen LogP contribution in [0.5, 0.6) is 0 Å². The summed E-state index contributed by atoms with van der Waals surface area (Å²) in [6, 6.07) is 6.01. The number of anilines is 1. The van der Waals surface area contributed by atoms with E-state index in [-0.39, 0.29) is 16.3 Å². The zero-order valence-electron chi connectivity index (χ0n) is 12.3. The van der Waals surface area contributed by atoms with Gasteiger partial charge in [0, 0.05) is 37.5 Å². The molecule has 5 nitrogen and oxygen atoms in total. The molecule has 8 heteroatoms. The van der Waals surface area contributed by atoms with E-state index >= 15 is 0 Å². The number of hydrazone groups is 1. The van der Waals surface area contributed by atoms with Gasteiger partial charge in [-0.3, -0.25) is 4.79 Å². The molecule has 0 fully saturated rings. The Kier molecular flexibility index (Phi) is 3.90. The van der Waals surface area contributed by atoms with Gasteiger partial charge >= 0.3 is 6.18 Å². The highest BCUT2D eigenvalue weighted by Crippen LogP contribution is 2.40. The third-order valence-corrected chi connectivity index (χ3v) is 3.40. The van der Waals surface area contributed by atoms with Crippen LogP contribution < -0.4 is 4.90 Å². The lowest BCUT2D eigenvalue weighted by Gasteiger charge is -2.32. The van der Waals surface area contributed by atoms with Gasteiger partial charge < -0.3 is 10.0 Å². The molecule has 22 heavy (non-hydrogen) atoms. The van der Waals surface area contributed by atoms with Crippen LogP contribution in [0.2, 0.25) is 0 Å². The maximum absolute atomic E-state index is 13.1. The van der Waals surface area contributed by atoms with E-state index in [4.69, 9.17) is 0 Å². The molecular weight excluding hydrogens is 299 g/mol. The normalized spacial score (nSPS) is 21.8. The Morgan fingerprint density at radius 2 is 1.86 bits per heavy atom. The summed E-state index contributed by atoms with van der Waals surface area (Å²) >= 11 is 0. The molecule has 0 bridgehead atoms. The Morgan fingerprint density at radius 1 is 1.32 bits per heavy atom. The monoisotopic (exact) mass is 315 g/mol. The predicted octanol–water partition coefficient (Wildman–Crippen LogP) is 2.23. The largest absolute Gasteiger partial charge is 0.438 e. The van der Waals surface area contributed by atoms with Crippen molar-refractivity contribution in [2.75, 3.05) is 19.0 Å². The number of carbonyl (C=O) groups excluding carboxylic acids is 1. The van der Waals surface area contributed by atoms with Gasteiger partial charge in [0.25, 0.3) is 11.6 Å². The summed E-state index contributed by atoms with van der Waals surface area (Å²) in [6.45, 7) is 1.33. The van der Waals surface area contributed by atoms with E-state index in [1.54, 1.807) is 31.1 Å². The third kappa shape index (κ3) is 2.66. The van der Waals surface area contributed by atoms with E-state index in [0.717, 1.165) is 5.69 Å². The average Bonchev–Trinajstić information content (AvgIpc) is 2.74. The van der Waals surface area contributed by atoms with Crippen LogP contribution >= 0.6 is 0 Å². The van der Waals surface area contributed by atoms with Crippen LogP contribution in [0.15, 0.2) is 29.4 Å². The molecule has 1 heterocycles. The maximum atomic E-state index is 13.1. The first-order valence-electron chi connectivity index (χ1n) is 6.51. The first-order chi connectivity index (χ1) is 10.1. The first kappa shape index (κ1) is 16.3. The van der Waals surface area contributed by atoms with E-state index in [1.807, 2.05) is 0 Å². The molecule has 1 aromatic rings. The molecule has 0 radical (unpaired) electrons. The summed E-state index contributed by atoms with van der Waals surface area (Å²) < 4.78 is 39.3. The number of aliphatic hydroxyl groups is 1. The van der Waals surface area contributed by atoms with Crippen LogP contribution in [0.4, 0.5) is 18.9 Å². The molecule has 0 aromatic heterocycles. The molecule has 1 aliphatic heterocycles. The second-order valence-electron chi connectivity index (χ2n) is 5.38. The Bertz CT molecular complexity index is 611. The van der Waals surface area contributed by atoms with E-state index in [0.29, 0.717) is 0 Å². The smallest absolute Gasteiger partial charge is 0.378 e. The second-order valence-corrected chi connectivity index (χ2v) is 5.38. The van der Waals surface area contributed by atoms with Crippen LogP contribution in [-0.2, 0) is 0 Å². The minimum Gasteiger partial charge on any atom is -0.378 e. The second kappa shape index (κ2) is 5.28. The molecule has 1 atom stereocenters. The Labute approximate surface area is 125 Å². The lowest BCUT2D eigenvalue weighted by molar-refractivity contribution is -0.297. The number of hydrogen-bond acceptors (Lipinski definition) is 4. The van der Waals surface area contributed by atoms with Gasteiger partial charge in [-0.05, 0) is 31.2 Å². The lowest BCUT2D eigenvalue weighted by Crippen LogP contribution is -2.56. The van der Waals surface area contributed by atoms with Crippen LogP contribution in [0, 0.1) is 0 Å². The van der Waals surface area contributed by atoms with Gasteiger partial charge in [-0.15, -0.1) is 0 Å². The van der Waals surface area contributed by atoms with Gasteiger partial charge in [-0.1, -0.05) is 0 Å². The van der Waals surface area contributed by atoms with Crippen molar-refractivity contribution in [1.82, 2.24) is 5.01 Å². The van der Waals surface area contributed by atoms with Crippen LogP contribution in [0.25, 0.3) is 0 Å². The number of rotatable bonds is 2. The number of halogens is 3. The van der Waals surface area contributed by atoms with Crippen molar-refractivity contribution in [3.63, 3.8) is 0 Å². The molecule has 1 aromatic carbocycles. The van der Waals surface area contributed by atoms with Crippen molar-refractivity contribution < 1.29 is 23.1 Å². The van der Waals surface area contributed by atoms with E-state index in [1.165, 1.54) is 19.1 Å². The number of amides is 1. The van der Waals surface area contributed by atoms with E-state index in [9.17, 15) is 23.1 Å². The Hall–Kier alpha value is -2.09. The molecule has 0 saturated heterocycles. The van der Waals surface area contributed by atoms with Crippen molar-refractivity contribution in [3.8, 4) is 0 Å². The molecule has 120 valence electrons. The standard InChI is InChI=1S/C14H16F3N3O2/c1-9-8-13(22,14(15,16)17)20(18-9)12(21)10-4-6-11(7-5-10)19(2)3/h4-7,22H,8H2,1-3H3. The summed E-state index contributed by atoms with van der Waals surface area (Å²) in [7, 11) is 3.60. The molecule has 1 amide bonds. The molecule has 1 unspecified atom stereocenters. The van der Waals surface area contributed by atoms with E-state index in [2.05, 4.69) is 5.10 Å². The summed E-state index contributed by atoms with van der Waals surface area (Å²) in [5.74, 6) is -0.998. The molecule has 1 N–H and O–H groups in total. The third-order valence-electron chi connectivity index (χ3n) is 3.40. The number of alkyl halides is 3. The average molecular weight is 315 g/mol. The zero-order chi connectivity index (χ0) is 16.7. The van der Waals surface area contributed by atoms with E-state index < -0.39 is 24.2 Å². The summed E-state index contributed by atoms with van der Waals surface area (Å²) in [4.78, 5) is 14.1. The molecular formula is C14H16F3N3O2. The quantitative estimate of drug-likeness (QED) is 0.910. The van der Waals surface area contributed by atoms with Crippen molar-refractivity contribution in [2.24, 2.45) is 5.10 Å². The van der Waals surface area contributed by atoms with Crippen LogP contribution in [0.1, 0.15) is 23.7 Å². The zero-order valence-corrected chi connectivity index (χ0v) is 12.3. The summed E-state index contributed by atoms with van der Waals surface area (Å²) in [6.07, 6.45) is -5.74. The van der Waals surface area contributed by atoms with Gasteiger partial charge in [0.05, 0.1) is 0 Å². The van der Waals surface area contributed by atoms with Crippen LogP contribution in [0.3, 0.4) is 0 Å². The minimum atomic E-state index is -4.99. The molecule has 0 spiro atoms. The van der Waals surface area contributed by atoms with Crippen LogP contribution in [-0.4, -0.2) is 47.7 Å². The van der Waals surface area contributed by atoms with Gasteiger partial charge in [0.15, 0.2) is 0 Å². The molecule has 0 aliphatic carbocycles. The maximum Gasteiger partial charge on any atom is 0.438 e. The van der Waals surface area contributed by atoms with Gasteiger partial charge in [0.1, 0.15) is 0 Å². The van der Waals surface area contributed by atoms with Crippen molar-refractivity contribution in [2.45, 2.75) is 25.2 Å². The molecule has 0 saturated carbocycles. The first-order valence-corrected chi connectivity index (χ1v) is 6.51. The number of hydrogen-bond donors (Lipinski definition) is 1. The molecule has 1 aliphatic rings. The lowest BCUT2D eigenvalue weighted by atomic mass is 10.1. The SMILES string of the molecule is CC1=NN(C(=O)c2ccc(N(C)C)cc2)C(O)(C(F)(F)F)C1. The highest BCUT2D eigenvalue weighted by Gasteiger charge is 2.62. The van der Waals surface area contributed by atoms with Crippen molar-refractivity contribution in [3.05, 3.63) is 29.8 Å². The van der Waals surface area contributed by atoms with Crippen molar-refractivity contribution in [1.29, 1.82) is 0 Å². The topological polar surface area (TPSA) is 56.1 Å². The number of nitrogens with zero attached hydrogens (tertiary/aromatic N) is 3. The fraction of sp³-hybridized carbons (Fsp3) is 0.429. The fourth-order valence-electron chi connectivity index (χ4n) is 2.18. The number of carbonyl (C=O) groups is 1. The van der Waals surface area contributed by atoms with Gasteiger partial charge in [-0.25, -0.2) is 0 Å². The Morgan fingerprint density at radius 3 is 2.32 bits per heavy atom. The van der Waals surface area contributed by atoms with Gasteiger partial charge in [-0.2, -0.15) is 23.3 Å². The Balaban J connectivity index is 2.35. The fourth-order valence-corrected chi connectivity index (χ4v) is 2.18. The van der Waals surface area contributed by atoms with Gasteiger partial charge in [0.2, 0.25) is 0 Å². The molecule has 2 rings (SSSR count). The number of benzene rings is 1. The summed E-state index contributed by atoms with van der Waals surface area (Å²) in [5, 5.41) is 13.6. The minimum absolute atomic E-state index is 0.0201. The highest BCUT2D eigenvalue weighted by atomic mass is 19.4. The highest BCUT2D eigenvalue weighted by molar-refractivity contribution is 5.98. The van der Waals surface area contributed by atoms with Crippen molar-refractivity contribution >= 4 is 17.3 Å². The summed E-state index contributed by atoms with van der Waals surface area (Å²) in [5.41, 5.74) is -2.44. The predicted molar refractivity (Wildman–Crippen MR) is 75.7 cm³/mol.